The van der Waals surface area contributed by atoms with Gasteiger partial charge >= 0.3 is 6.09 Å². The molecule has 4 aromatic rings. The number of rotatable bonds is 11. The third-order valence-corrected chi connectivity index (χ3v) is 8.26. The molecule has 0 atom stereocenters. The molecule has 1 aliphatic heterocycles. The molecule has 0 aliphatic carbocycles. The van der Waals surface area contributed by atoms with Gasteiger partial charge in [-0.1, -0.05) is 65.7 Å². The molecule has 1 saturated heterocycles. The van der Waals surface area contributed by atoms with Crippen molar-refractivity contribution in [1.29, 1.82) is 0 Å². The number of amides is 1. The van der Waals surface area contributed by atoms with E-state index in [0.29, 0.717) is 44.1 Å². The number of benzene rings is 2. The second-order valence-electron chi connectivity index (χ2n) is 10.5. The highest BCUT2D eigenvalue weighted by atomic mass is 35.5. The summed E-state index contributed by atoms with van der Waals surface area (Å²) in [5, 5.41) is 16.2. The summed E-state index contributed by atoms with van der Waals surface area (Å²) in [6, 6.07) is 18.4. The molecule has 3 N–H and O–H groups in total. The summed E-state index contributed by atoms with van der Waals surface area (Å²) in [6.07, 6.45) is 3.23. The second-order valence-corrected chi connectivity index (χ2v) is 11.3. The Balaban J connectivity index is 1.20. The van der Waals surface area contributed by atoms with E-state index in [1.54, 1.807) is 7.11 Å². The Morgan fingerprint density at radius 2 is 1.73 bits per heavy atom. The lowest BCUT2D eigenvalue weighted by Gasteiger charge is -2.41. The fourth-order valence-corrected chi connectivity index (χ4v) is 5.41. The van der Waals surface area contributed by atoms with Gasteiger partial charge in [0.2, 0.25) is 5.78 Å². The van der Waals surface area contributed by atoms with Crippen molar-refractivity contribution >= 4 is 46.7 Å². The number of aliphatic hydroxyl groups is 1. The van der Waals surface area contributed by atoms with Gasteiger partial charge in [0.25, 0.3) is 0 Å². The molecule has 2 aromatic heterocycles. The van der Waals surface area contributed by atoms with Crippen LogP contribution in [0.1, 0.15) is 40.0 Å². The summed E-state index contributed by atoms with van der Waals surface area (Å²) in [5.74, 6) is 1.07. The summed E-state index contributed by atoms with van der Waals surface area (Å²) >= 11 is 13.0. The molecule has 234 valence electrons. The number of aromatic nitrogens is 3. The highest BCUT2D eigenvalue weighted by Gasteiger charge is 2.37. The van der Waals surface area contributed by atoms with Gasteiger partial charge in [-0.15, -0.1) is 0 Å². The fraction of sp³-hybridized carbons (Fsp3) is 0.281. The average molecular weight is 652 g/mol. The van der Waals surface area contributed by atoms with Crippen molar-refractivity contribution in [2.75, 3.05) is 37.0 Å². The molecular formula is C32H32Cl2N6O5. The van der Waals surface area contributed by atoms with Crippen molar-refractivity contribution in [3.63, 3.8) is 0 Å². The molecule has 5 rings (SSSR count). The van der Waals surface area contributed by atoms with Gasteiger partial charge in [-0.3, -0.25) is 4.79 Å². The normalized spacial score (nSPS) is 14.0. The summed E-state index contributed by atoms with van der Waals surface area (Å²) in [5.41, 5.74) is 1.14. The quantitative estimate of drug-likeness (QED) is 0.184. The number of ketones is 1. The largest absolute Gasteiger partial charge is 0.497 e. The Hall–Kier alpha value is -4.45. The minimum Gasteiger partial charge on any atom is -0.497 e. The zero-order valence-electron chi connectivity index (χ0n) is 24.5. The molecule has 2 aromatic carbocycles. The number of halogens is 2. The van der Waals surface area contributed by atoms with Crippen LogP contribution in [0.25, 0.3) is 0 Å². The maximum atomic E-state index is 13.4. The number of methoxy groups -OCH3 is 1. The van der Waals surface area contributed by atoms with Gasteiger partial charge in [0, 0.05) is 31.4 Å². The number of aliphatic hydroxyl groups excluding tert-OH is 1. The lowest BCUT2D eigenvalue weighted by atomic mass is 9.88. The number of nitrogens with one attached hydrogen (secondary N) is 2. The van der Waals surface area contributed by atoms with Crippen LogP contribution in [-0.2, 0) is 17.9 Å². The van der Waals surface area contributed by atoms with Crippen LogP contribution >= 0.6 is 23.2 Å². The molecule has 3 heterocycles. The number of alkyl carbamates (subject to hydrolysis) is 1. The zero-order chi connectivity index (χ0) is 31.8. The highest BCUT2D eigenvalue weighted by molar-refractivity contribution is 6.38. The van der Waals surface area contributed by atoms with Gasteiger partial charge in [0.05, 0.1) is 30.5 Å². The molecule has 13 heteroatoms. The lowest BCUT2D eigenvalue weighted by Crippen LogP contribution is -2.57. The molecule has 0 radical (unpaired) electrons. The minimum absolute atomic E-state index is 0.0424. The highest BCUT2D eigenvalue weighted by Crippen LogP contribution is 2.30. The first-order valence-electron chi connectivity index (χ1n) is 14.2. The van der Waals surface area contributed by atoms with Crippen LogP contribution in [0.4, 0.5) is 16.4 Å². The molecule has 1 aliphatic rings. The standard InChI is InChI=1S/C32H32Cl2N6O5/c1-44-23-9-7-21(8-10-23)17-37-30-26(33)24(11-14-35-30)28(42)27-29(34)38-25(18-36-27)40-15-12-32(20-41,13-16-40)39-31(43)45-19-22-5-3-2-4-6-22/h2-11,14,18,41H,12-13,15-17,19-20H2,1H3,(H,35,37)(H,39,43). The number of hydrogen-bond donors (Lipinski definition) is 3. The zero-order valence-corrected chi connectivity index (χ0v) is 26.0. The van der Waals surface area contributed by atoms with E-state index in [9.17, 15) is 14.7 Å². The fourth-order valence-electron chi connectivity index (χ4n) is 4.92. The van der Waals surface area contributed by atoms with Crippen LogP contribution in [0.5, 0.6) is 5.75 Å². The van der Waals surface area contributed by atoms with E-state index in [2.05, 4.69) is 25.6 Å². The van der Waals surface area contributed by atoms with Crippen molar-refractivity contribution in [2.24, 2.45) is 0 Å². The summed E-state index contributed by atoms with van der Waals surface area (Å²) in [4.78, 5) is 40.9. The Kier molecular flexibility index (Phi) is 10.3. The van der Waals surface area contributed by atoms with Crippen LogP contribution in [-0.4, -0.2) is 64.3 Å². The van der Waals surface area contributed by atoms with Gasteiger partial charge in [-0.05, 0) is 42.2 Å². The van der Waals surface area contributed by atoms with E-state index in [0.717, 1.165) is 16.9 Å². The molecule has 0 spiro atoms. The van der Waals surface area contributed by atoms with Gasteiger partial charge in [-0.2, -0.15) is 0 Å². The van der Waals surface area contributed by atoms with Crippen molar-refractivity contribution in [3.05, 3.63) is 106 Å². The summed E-state index contributed by atoms with van der Waals surface area (Å²) < 4.78 is 10.5. The number of anilines is 2. The molecule has 1 amide bonds. The first-order valence-corrected chi connectivity index (χ1v) is 15.0. The topological polar surface area (TPSA) is 139 Å². The van der Waals surface area contributed by atoms with Gasteiger partial charge in [0.1, 0.15) is 29.7 Å². The molecule has 0 unspecified atom stereocenters. The molecule has 11 nitrogen and oxygen atoms in total. The number of carbonyl (C=O) groups is 2. The van der Waals surface area contributed by atoms with Gasteiger partial charge in [-0.25, -0.2) is 19.7 Å². The predicted octanol–water partition coefficient (Wildman–Crippen LogP) is 5.29. The van der Waals surface area contributed by atoms with Crippen molar-refractivity contribution < 1.29 is 24.2 Å². The van der Waals surface area contributed by atoms with Crippen molar-refractivity contribution in [1.82, 2.24) is 20.3 Å². The monoisotopic (exact) mass is 650 g/mol. The number of nitrogens with zero attached hydrogens (tertiary/aromatic N) is 4. The lowest BCUT2D eigenvalue weighted by molar-refractivity contribution is 0.0952. The number of carbonyl (C=O) groups excluding carboxylic acids is 2. The SMILES string of the molecule is COc1ccc(CNc2nccc(C(=O)c3ncc(N4CCC(CO)(NC(=O)OCc5ccccc5)CC4)nc3Cl)c2Cl)cc1. The van der Waals surface area contributed by atoms with Gasteiger partial charge in [0.15, 0.2) is 5.15 Å². The van der Waals surface area contributed by atoms with E-state index < -0.39 is 17.4 Å². The van der Waals surface area contributed by atoms with Gasteiger partial charge < -0.3 is 30.1 Å². The molecule has 1 fully saturated rings. The number of piperidine rings is 1. The molecule has 45 heavy (non-hydrogen) atoms. The number of hydrogen-bond acceptors (Lipinski definition) is 10. The van der Waals surface area contributed by atoms with Crippen LogP contribution in [0.2, 0.25) is 10.2 Å². The van der Waals surface area contributed by atoms with E-state index in [4.69, 9.17) is 32.7 Å². The smallest absolute Gasteiger partial charge is 0.407 e. The summed E-state index contributed by atoms with van der Waals surface area (Å²) in [6.45, 7) is 1.23. The van der Waals surface area contributed by atoms with Crippen molar-refractivity contribution in [2.45, 2.75) is 31.5 Å². The van der Waals surface area contributed by atoms with Crippen LogP contribution < -0.4 is 20.3 Å². The third-order valence-electron chi connectivity index (χ3n) is 7.61. The average Bonchev–Trinajstić information content (AvgIpc) is 3.07. The molecular weight excluding hydrogens is 619 g/mol. The van der Waals surface area contributed by atoms with Crippen LogP contribution in [0.15, 0.2) is 73.1 Å². The first-order chi connectivity index (χ1) is 21.8. The third kappa shape index (κ3) is 7.80. The Labute approximate surface area is 270 Å². The molecule has 0 saturated carbocycles. The van der Waals surface area contributed by atoms with E-state index in [1.165, 1.54) is 18.5 Å². The first kappa shape index (κ1) is 32.0. The molecule has 0 bridgehead atoms. The predicted molar refractivity (Wildman–Crippen MR) is 171 cm³/mol. The van der Waals surface area contributed by atoms with Crippen LogP contribution in [0.3, 0.4) is 0 Å². The Bertz CT molecular complexity index is 1630. The Morgan fingerprint density at radius 3 is 2.40 bits per heavy atom. The number of ether oxygens (including phenoxy) is 2. The van der Waals surface area contributed by atoms with E-state index in [1.807, 2.05) is 59.5 Å². The number of pyridine rings is 1. The second kappa shape index (κ2) is 14.6. The maximum Gasteiger partial charge on any atom is 0.407 e. The van der Waals surface area contributed by atoms with E-state index in [-0.39, 0.29) is 34.6 Å². The Morgan fingerprint density at radius 1 is 1.00 bits per heavy atom. The van der Waals surface area contributed by atoms with Crippen LogP contribution in [0, 0.1) is 0 Å². The maximum absolute atomic E-state index is 13.4. The van der Waals surface area contributed by atoms with Crippen molar-refractivity contribution in [3.8, 4) is 5.75 Å². The minimum atomic E-state index is -0.839. The van der Waals surface area contributed by atoms with E-state index >= 15 is 0 Å². The summed E-state index contributed by atoms with van der Waals surface area (Å²) in [7, 11) is 1.60.